The first kappa shape index (κ1) is 11.3. The molecule has 18 heavy (non-hydrogen) atoms. The van der Waals surface area contributed by atoms with Crippen molar-refractivity contribution >= 4 is 17.5 Å². The molecule has 2 fully saturated rings. The molecule has 1 saturated carbocycles. The highest BCUT2D eigenvalue weighted by Crippen LogP contribution is 2.48. The van der Waals surface area contributed by atoms with Crippen LogP contribution in [-0.2, 0) is 9.59 Å². The Morgan fingerprint density at radius 1 is 1.11 bits per heavy atom. The molecule has 0 atom stereocenters. The summed E-state index contributed by atoms with van der Waals surface area (Å²) in [5, 5.41) is 9.79. The fourth-order valence-electron chi connectivity index (χ4n) is 3.13. The molecular formula is C14H15NO3. The van der Waals surface area contributed by atoms with Gasteiger partial charge in [0.05, 0.1) is 11.1 Å². The number of amides is 2. The standard InChI is InChI=1S/C14H15NO3/c16-11-6-2-1-5-10(11)15-12(17)9-14(13(15)18)7-3-4-8-14/h1-2,5-6,16H,3-4,7-9H2. The molecule has 0 unspecified atom stereocenters. The lowest BCUT2D eigenvalue weighted by molar-refractivity contribution is -0.125. The number of benzene rings is 1. The summed E-state index contributed by atoms with van der Waals surface area (Å²) in [6.45, 7) is 0. The molecule has 1 heterocycles. The quantitative estimate of drug-likeness (QED) is 0.772. The van der Waals surface area contributed by atoms with Gasteiger partial charge in [-0.15, -0.1) is 0 Å². The number of phenols is 1. The van der Waals surface area contributed by atoms with Crippen LogP contribution >= 0.6 is 0 Å². The lowest BCUT2D eigenvalue weighted by atomic mass is 9.84. The first-order valence-electron chi connectivity index (χ1n) is 6.29. The van der Waals surface area contributed by atoms with E-state index in [2.05, 4.69) is 0 Å². The van der Waals surface area contributed by atoms with Crippen LogP contribution in [0.1, 0.15) is 32.1 Å². The molecule has 1 N–H and O–H groups in total. The van der Waals surface area contributed by atoms with Crippen LogP contribution in [0.15, 0.2) is 24.3 Å². The summed E-state index contributed by atoms with van der Waals surface area (Å²) < 4.78 is 0. The Bertz CT molecular complexity index is 518. The monoisotopic (exact) mass is 245 g/mol. The van der Waals surface area contributed by atoms with Crippen LogP contribution in [0.4, 0.5) is 5.69 Å². The van der Waals surface area contributed by atoms with Gasteiger partial charge in [-0.3, -0.25) is 9.59 Å². The molecule has 1 spiro atoms. The van der Waals surface area contributed by atoms with Crippen molar-refractivity contribution in [3.05, 3.63) is 24.3 Å². The first-order chi connectivity index (χ1) is 8.64. The van der Waals surface area contributed by atoms with E-state index >= 15 is 0 Å². The maximum atomic E-state index is 12.5. The van der Waals surface area contributed by atoms with Crippen molar-refractivity contribution in [2.24, 2.45) is 5.41 Å². The molecule has 1 saturated heterocycles. The molecule has 0 aromatic heterocycles. The minimum Gasteiger partial charge on any atom is -0.506 e. The van der Waals surface area contributed by atoms with Gasteiger partial charge in [-0.25, -0.2) is 4.90 Å². The van der Waals surface area contributed by atoms with Gasteiger partial charge >= 0.3 is 0 Å². The molecule has 3 rings (SSSR count). The summed E-state index contributed by atoms with van der Waals surface area (Å²) in [5.41, 5.74) is -0.171. The van der Waals surface area contributed by atoms with E-state index in [0.29, 0.717) is 12.1 Å². The van der Waals surface area contributed by atoms with Crippen molar-refractivity contribution < 1.29 is 14.7 Å². The number of aromatic hydroxyl groups is 1. The highest BCUT2D eigenvalue weighted by molar-refractivity contribution is 6.23. The van der Waals surface area contributed by atoms with Crippen molar-refractivity contribution in [3.63, 3.8) is 0 Å². The Morgan fingerprint density at radius 2 is 1.78 bits per heavy atom. The van der Waals surface area contributed by atoms with E-state index in [1.54, 1.807) is 18.2 Å². The van der Waals surface area contributed by atoms with Crippen LogP contribution in [0, 0.1) is 5.41 Å². The zero-order valence-electron chi connectivity index (χ0n) is 10.1. The van der Waals surface area contributed by atoms with E-state index in [9.17, 15) is 14.7 Å². The maximum Gasteiger partial charge on any atom is 0.240 e. The van der Waals surface area contributed by atoms with E-state index in [1.165, 1.54) is 11.0 Å². The Kier molecular flexibility index (Phi) is 2.40. The minimum atomic E-state index is -0.487. The van der Waals surface area contributed by atoms with Gasteiger partial charge in [0.1, 0.15) is 5.75 Å². The lowest BCUT2D eigenvalue weighted by Crippen LogP contribution is -2.34. The number of hydrogen-bond acceptors (Lipinski definition) is 3. The van der Waals surface area contributed by atoms with Crippen molar-refractivity contribution in [3.8, 4) is 5.75 Å². The van der Waals surface area contributed by atoms with Gasteiger partial charge in [-0.05, 0) is 25.0 Å². The summed E-state index contributed by atoms with van der Waals surface area (Å²) in [6.07, 6.45) is 3.89. The zero-order chi connectivity index (χ0) is 12.8. The second-order valence-corrected chi connectivity index (χ2v) is 5.19. The second-order valence-electron chi connectivity index (χ2n) is 5.19. The fourth-order valence-corrected chi connectivity index (χ4v) is 3.13. The molecule has 0 radical (unpaired) electrons. The summed E-state index contributed by atoms with van der Waals surface area (Å²) in [7, 11) is 0. The third kappa shape index (κ3) is 1.45. The Labute approximate surface area is 105 Å². The van der Waals surface area contributed by atoms with Gasteiger partial charge in [0.25, 0.3) is 0 Å². The Morgan fingerprint density at radius 3 is 2.44 bits per heavy atom. The fraction of sp³-hybridized carbons (Fsp3) is 0.429. The van der Waals surface area contributed by atoms with Crippen LogP contribution in [0.3, 0.4) is 0 Å². The SMILES string of the molecule is O=C1CC2(CCCC2)C(=O)N1c1ccccc1O. The number of rotatable bonds is 1. The van der Waals surface area contributed by atoms with Crippen LogP contribution in [0.5, 0.6) is 5.75 Å². The number of hydrogen-bond donors (Lipinski definition) is 1. The van der Waals surface area contributed by atoms with E-state index in [0.717, 1.165) is 25.7 Å². The summed E-state index contributed by atoms with van der Waals surface area (Å²) in [5.74, 6) is -0.343. The molecule has 4 nitrogen and oxygen atoms in total. The first-order valence-corrected chi connectivity index (χ1v) is 6.29. The summed E-state index contributed by atoms with van der Waals surface area (Å²) >= 11 is 0. The van der Waals surface area contributed by atoms with Crippen LogP contribution < -0.4 is 4.90 Å². The number of para-hydroxylation sites is 2. The molecule has 1 aliphatic carbocycles. The predicted molar refractivity (Wildman–Crippen MR) is 66.1 cm³/mol. The van der Waals surface area contributed by atoms with Crippen molar-refractivity contribution in [2.75, 3.05) is 4.90 Å². The molecule has 0 bridgehead atoms. The predicted octanol–water partition coefficient (Wildman–Crippen LogP) is 2.22. The third-order valence-electron chi connectivity index (χ3n) is 4.08. The lowest BCUT2D eigenvalue weighted by Gasteiger charge is -2.21. The van der Waals surface area contributed by atoms with E-state index < -0.39 is 5.41 Å². The van der Waals surface area contributed by atoms with Crippen LogP contribution in [0.25, 0.3) is 0 Å². The average molecular weight is 245 g/mol. The topological polar surface area (TPSA) is 57.6 Å². The highest BCUT2D eigenvalue weighted by atomic mass is 16.3. The van der Waals surface area contributed by atoms with Gasteiger partial charge in [0.15, 0.2) is 0 Å². The van der Waals surface area contributed by atoms with Gasteiger partial charge in [-0.1, -0.05) is 25.0 Å². The van der Waals surface area contributed by atoms with Gasteiger partial charge in [-0.2, -0.15) is 0 Å². The Balaban J connectivity index is 2.01. The molecule has 94 valence electrons. The molecular weight excluding hydrogens is 230 g/mol. The number of phenolic OH excluding ortho intramolecular Hbond substituents is 1. The molecule has 2 aliphatic rings. The Hall–Kier alpha value is -1.84. The minimum absolute atomic E-state index is 0.0192. The number of nitrogens with zero attached hydrogens (tertiary/aromatic N) is 1. The number of carbonyl (C=O) groups excluding carboxylic acids is 2. The summed E-state index contributed by atoms with van der Waals surface area (Å²) in [4.78, 5) is 25.7. The smallest absolute Gasteiger partial charge is 0.240 e. The van der Waals surface area contributed by atoms with Gasteiger partial charge in [0, 0.05) is 6.42 Å². The highest BCUT2D eigenvalue weighted by Gasteiger charge is 2.53. The molecule has 1 aromatic carbocycles. The van der Waals surface area contributed by atoms with Crippen LogP contribution in [0.2, 0.25) is 0 Å². The van der Waals surface area contributed by atoms with E-state index in [1.807, 2.05) is 0 Å². The van der Waals surface area contributed by atoms with Crippen molar-refractivity contribution in [2.45, 2.75) is 32.1 Å². The largest absolute Gasteiger partial charge is 0.506 e. The number of anilines is 1. The van der Waals surface area contributed by atoms with E-state index in [4.69, 9.17) is 0 Å². The molecule has 1 aliphatic heterocycles. The van der Waals surface area contributed by atoms with Crippen molar-refractivity contribution in [1.82, 2.24) is 0 Å². The molecule has 4 heteroatoms. The molecule has 1 aromatic rings. The van der Waals surface area contributed by atoms with Gasteiger partial charge < -0.3 is 5.11 Å². The van der Waals surface area contributed by atoms with Crippen molar-refractivity contribution in [1.29, 1.82) is 0 Å². The third-order valence-corrected chi connectivity index (χ3v) is 4.08. The number of carbonyl (C=O) groups is 2. The average Bonchev–Trinajstić information content (AvgIpc) is 2.89. The summed E-state index contributed by atoms with van der Waals surface area (Å²) in [6, 6.07) is 6.50. The maximum absolute atomic E-state index is 12.5. The van der Waals surface area contributed by atoms with Crippen LogP contribution in [-0.4, -0.2) is 16.9 Å². The molecule has 2 amide bonds. The van der Waals surface area contributed by atoms with Gasteiger partial charge in [0.2, 0.25) is 11.8 Å². The normalized spacial score (nSPS) is 22.1. The number of imide groups is 1. The van der Waals surface area contributed by atoms with E-state index in [-0.39, 0.29) is 17.6 Å². The zero-order valence-corrected chi connectivity index (χ0v) is 10.1. The second kappa shape index (κ2) is 3.83.